The van der Waals surface area contributed by atoms with E-state index in [2.05, 4.69) is 18.3 Å². The molecule has 18 heavy (non-hydrogen) atoms. The number of carbonyl (C=O) groups is 1. The first kappa shape index (κ1) is 15.2. The van der Waals surface area contributed by atoms with Crippen LogP contribution in [0.1, 0.15) is 51.0 Å². The van der Waals surface area contributed by atoms with Gasteiger partial charge in [-0.2, -0.15) is 0 Å². The van der Waals surface area contributed by atoms with Crippen LogP contribution in [0.5, 0.6) is 0 Å². The van der Waals surface area contributed by atoms with Crippen molar-refractivity contribution in [1.29, 1.82) is 0 Å². The van der Waals surface area contributed by atoms with Gasteiger partial charge in [0.15, 0.2) is 0 Å². The maximum atomic E-state index is 12.4. The molecule has 0 fully saturated rings. The molecule has 3 N–H and O–H groups in total. The van der Waals surface area contributed by atoms with Crippen LogP contribution in [0.25, 0.3) is 0 Å². The number of rotatable bonds is 7. The van der Waals surface area contributed by atoms with E-state index in [9.17, 15) is 4.79 Å². The molecule has 1 aromatic rings. The smallest absolute Gasteiger partial charge is 0.227 e. The van der Waals surface area contributed by atoms with Crippen molar-refractivity contribution in [2.75, 3.05) is 6.54 Å². The van der Waals surface area contributed by atoms with Crippen LogP contribution >= 0.6 is 11.3 Å². The Morgan fingerprint density at radius 3 is 2.50 bits per heavy atom. The summed E-state index contributed by atoms with van der Waals surface area (Å²) in [5.41, 5.74) is 5.40. The second kappa shape index (κ2) is 6.90. The molecule has 3 nitrogen and oxygen atoms in total. The molecule has 1 atom stereocenters. The monoisotopic (exact) mass is 268 g/mol. The fourth-order valence-corrected chi connectivity index (χ4v) is 2.99. The third-order valence-electron chi connectivity index (χ3n) is 3.83. The number of hydrogen-bond acceptors (Lipinski definition) is 3. The van der Waals surface area contributed by atoms with Gasteiger partial charge in [-0.05, 0) is 30.7 Å². The van der Waals surface area contributed by atoms with Gasteiger partial charge in [0.05, 0.1) is 11.5 Å². The third-order valence-corrected chi connectivity index (χ3v) is 4.81. The zero-order chi connectivity index (χ0) is 13.6. The van der Waals surface area contributed by atoms with Crippen molar-refractivity contribution >= 4 is 17.2 Å². The van der Waals surface area contributed by atoms with E-state index in [0.717, 1.165) is 19.3 Å². The van der Waals surface area contributed by atoms with Crippen LogP contribution in [-0.2, 0) is 4.79 Å². The molecule has 4 heteroatoms. The van der Waals surface area contributed by atoms with Gasteiger partial charge in [-0.15, -0.1) is 11.3 Å². The van der Waals surface area contributed by atoms with Crippen molar-refractivity contribution in [3.63, 3.8) is 0 Å². The quantitative estimate of drug-likeness (QED) is 0.798. The highest BCUT2D eigenvalue weighted by molar-refractivity contribution is 7.10. The molecule has 102 valence electrons. The normalized spacial score (nSPS) is 13.3. The Bertz CT molecular complexity index is 350. The maximum absolute atomic E-state index is 12.4. The summed E-state index contributed by atoms with van der Waals surface area (Å²) in [6.45, 7) is 6.56. The first-order valence-corrected chi connectivity index (χ1v) is 7.55. The SMILES string of the molecule is CCC(NC(=O)C(CC)(CC)CN)c1cccs1. The van der Waals surface area contributed by atoms with Crippen LogP contribution in [0.2, 0.25) is 0 Å². The van der Waals surface area contributed by atoms with Gasteiger partial charge in [-0.1, -0.05) is 26.8 Å². The molecule has 0 radical (unpaired) electrons. The van der Waals surface area contributed by atoms with Crippen LogP contribution in [0.15, 0.2) is 17.5 Å². The molecule has 0 aromatic carbocycles. The predicted molar refractivity (Wildman–Crippen MR) is 77.6 cm³/mol. The number of thiophene rings is 1. The lowest BCUT2D eigenvalue weighted by molar-refractivity contribution is -0.131. The van der Waals surface area contributed by atoms with E-state index < -0.39 is 5.41 Å². The summed E-state index contributed by atoms with van der Waals surface area (Å²) < 4.78 is 0. The Hall–Kier alpha value is -0.870. The summed E-state index contributed by atoms with van der Waals surface area (Å²) in [4.78, 5) is 13.6. The van der Waals surface area contributed by atoms with Crippen molar-refractivity contribution in [3.05, 3.63) is 22.4 Å². The highest BCUT2D eigenvalue weighted by Gasteiger charge is 2.34. The van der Waals surface area contributed by atoms with Crippen LogP contribution in [0, 0.1) is 5.41 Å². The molecular weight excluding hydrogens is 244 g/mol. The van der Waals surface area contributed by atoms with Crippen molar-refractivity contribution < 1.29 is 4.79 Å². The largest absolute Gasteiger partial charge is 0.348 e. The van der Waals surface area contributed by atoms with Crippen LogP contribution in [0.3, 0.4) is 0 Å². The molecule has 0 aliphatic carbocycles. The molecule has 0 spiro atoms. The third kappa shape index (κ3) is 3.12. The Balaban J connectivity index is 2.79. The highest BCUT2D eigenvalue weighted by Crippen LogP contribution is 2.28. The molecule has 0 aliphatic rings. The molecule has 0 bridgehead atoms. The molecule has 1 unspecified atom stereocenters. The molecule has 1 amide bonds. The summed E-state index contributed by atoms with van der Waals surface area (Å²) in [5, 5.41) is 5.20. The van der Waals surface area contributed by atoms with Crippen molar-refractivity contribution in [3.8, 4) is 0 Å². The van der Waals surface area contributed by atoms with E-state index >= 15 is 0 Å². The molecule has 0 saturated heterocycles. The molecule has 0 saturated carbocycles. The van der Waals surface area contributed by atoms with Gasteiger partial charge in [0.1, 0.15) is 0 Å². The predicted octanol–water partition coefficient (Wildman–Crippen LogP) is 3.08. The lowest BCUT2D eigenvalue weighted by atomic mass is 9.81. The summed E-state index contributed by atoms with van der Waals surface area (Å²) in [7, 11) is 0. The molecular formula is C14H24N2OS. The van der Waals surface area contributed by atoms with E-state index in [-0.39, 0.29) is 11.9 Å². The van der Waals surface area contributed by atoms with E-state index in [0.29, 0.717) is 6.54 Å². The standard InChI is InChI=1S/C14H24N2OS/c1-4-11(12-8-7-9-18-12)16-13(17)14(5-2,6-3)10-15/h7-9,11H,4-6,10,15H2,1-3H3,(H,16,17). The molecule has 0 aliphatic heterocycles. The van der Waals surface area contributed by atoms with E-state index in [1.54, 1.807) is 11.3 Å². The molecule has 1 aromatic heterocycles. The second-order valence-corrected chi connectivity index (χ2v) is 5.62. The Kier molecular flexibility index (Phi) is 5.82. The topological polar surface area (TPSA) is 55.1 Å². The van der Waals surface area contributed by atoms with Gasteiger partial charge in [0.2, 0.25) is 5.91 Å². The minimum atomic E-state index is -0.412. The van der Waals surface area contributed by atoms with Crippen molar-refractivity contribution in [2.24, 2.45) is 11.1 Å². The summed E-state index contributed by atoms with van der Waals surface area (Å²) in [5.74, 6) is 0.0928. The number of amides is 1. The fourth-order valence-electron chi connectivity index (χ4n) is 2.13. The van der Waals surface area contributed by atoms with Gasteiger partial charge in [0.25, 0.3) is 0 Å². The van der Waals surface area contributed by atoms with Crippen molar-refractivity contribution in [1.82, 2.24) is 5.32 Å². The van der Waals surface area contributed by atoms with E-state index in [1.165, 1.54) is 4.88 Å². The summed E-state index contributed by atoms with van der Waals surface area (Å²) in [6.07, 6.45) is 2.47. The summed E-state index contributed by atoms with van der Waals surface area (Å²) in [6, 6.07) is 4.20. The Morgan fingerprint density at radius 1 is 1.44 bits per heavy atom. The lowest BCUT2D eigenvalue weighted by Gasteiger charge is -2.30. The molecule has 1 heterocycles. The number of hydrogen-bond donors (Lipinski definition) is 2. The lowest BCUT2D eigenvalue weighted by Crippen LogP contribution is -2.46. The van der Waals surface area contributed by atoms with Crippen molar-refractivity contribution in [2.45, 2.75) is 46.1 Å². The first-order valence-electron chi connectivity index (χ1n) is 6.68. The minimum absolute atomic E-state index is 0.0928. The molecule has 1 rings (SSSR count). The Labute approximate surface area is 114 Å². The fraction of sp³-hybridized carbons (Fsp3) is 0.643. The zero-order valence-electron chi connectivity index (χ0n) is 11.5. The van der Waals surface area contributed by atoms with Crippen LogP contribution in [-0.4, -0.2) is 12.5 Å². The average molecular weight is 268 g/mol. The maximum Gasteiger partial charge on any atom is 0.227 e. The minimum Gasteiger partial charge on any atom is -0.348 e. The number of nitrogens with one attached hydrogen (secondary N) is 1. The van der Waals surface area contributed by atoms with E-state index in [4.69, 9.17) is 5.73 Å². The highest BCUT2D eigenvalue weighted by atomic mass is 32.1. The van der Waals surface area contributed by atoms with Gasteiger partial charge in [-0.25, -0.2) is 0 Å². The van der Waals surface area contributed by atoms with Crippen LogP contribution in [0.4, 0.5) is 0 Å². The average Bonchev–Trinajstić information content (AvgIpc) is 2.92. The van der Waals surface area contributed by atoms with Gasteiger partial charge in [0, 0.05) is 11.4 Å². The first-order chi connectivity index (χ1) is 8.63. The summed E-state index contributed by atoms with van der Waals surface area (Å²) >= 11 is 1.69. The van der Waals surface area contributed by atoms with Gasteiger partial charge >= 0.3 is 0 Å². The second-order valence-electron chi connectivity index (χ2n) is 4.64. The number of nitrogens with two attached hydrogens (primary N) is 1. The Morgan fingerprint density at radius 2 is 2.11 bits per heavy atom. The van der Waals surface area contributed by atoms with Gasteiger partial charge < -0.3 is 11.1 Å². The van der Waals surface area contributed by atoms with Gasteiger partial charge in [-0.3, -0.25) is 4.79 Å². The van der Waals surface area contributed by atoms with E-state index in [1.807, 2.05) is 25.3 Å². The van der Waals surface area contributed by atoms with Crippen LogP contribution < -0.4 is 11.1 Å². The number of carbonyl (C=O) groups excluding carboxylic acids is 1. The zero-order valence-corrected chi connectivity index (χ0v) is 12.3.